The van der Waals surface area contributed by atoms with Crippen LogP contribution >= 0.6 is 0 Å². The van der Waals surface area contributed by atoms with Gasteiger partial charge in [0.05, 0.1) is 26.2 Å². The van der Waals surface area contributed by atoms with E-state index in [1.165, 1.54) is 11.3 Å². The number of hydrogen-bond acceptors (Lipinski definition) is 6. The highest BCUT2D eigenvalue weighted by Gasteiger charge is 2.21. The van der Waals surface area contributed by atoms with Crippen LogP contribution in [0.5, 0.6) is 0 Å². The van der Waals surface area contributed by atoms with Crippen molar-refractivity contribution in [2.24, 2.45) is 5.92 Å². The summed E-state index contributed by atoms with van der Waals surface area (Å²) in [6.45, 7) is -0.499. The number of hydrogen-bond donors (Lipinski definition) is 1. The van der Waals surface area contributed by atoms with Gasteiger partial charge in [-0.05, 0) is 24.3 Å². The molecule has 1 aliphatic rings. The molecule has 0 amide bonds. The van der Waals surface area contributed by atoms with E-state index in [0.29, 0.717) is 12.5 Å². The molecule has 0 atom stereocenters. The molecule has 1 N–H and O–H groups in total. The molecule has 0 bridgehead atoms. The van der Waals surface area contributed by atoms with Crippen molar-refractivity contribution in [2.45, 2.75) is 38.7 Å². The van der Waals surface area contributed by atoms with Gasteiger partial charge in [-0.25, -0.2) is 0 Å². The number of benzene rings is 1. The smallest absolute Gasteiger partial charge is 0.320 e. The van der Waals surface area contributed by atoms with Crippen molar-refractivity contribution in [3.63, 3.8) is 0 Å². The van der Waals surface area contributed by atoms with E-state index < -0.39 is 24.5 Å². The van der Waals surface area contributed by atoms with Crippen molar-refractivity contribution < 1.29 is 29.0 Å². The summed E-state index contributed by atoms with van der Waals surface area (Å²) in [7, 11) is 0. The Morgan fingerprint density at radius 3 is 2.19 bits per heavy atom. The van der Waals surface area contributed by atoms with Crippen LogP contribution in [-0.2, 0) is 30.5 Å². The van der Waals surface area contributed by atoms with Gasteiger partial charge in [0.2, 0.25) is 0 Å². The zero-order chi connectivity index (χ0) is 19.5. The lowest BCUT2D eigenvalue weighted by molar-refractivity contribution is -0.151. The Balaban J connectivity index is 1.76. The summed E-state index contributed by atoms with van der Waals surface area (Å²) in [4.78, 5) is 36.2. The van der Waals surface area contributed by atoms with E-state index in [9.17, 15) is 14.4 Å². The third-order valence-electron chi connectivity index (χ3n) is 4.51. The highest BCUT2D eigenvalue weighted by Crippen LogP contribution is 2.23. The quantitative estimate of drug-likeness (QED) is 0.625. The first-order chi connectivity index (χ1) is 13.0. The van der Waals surface area contributed by atoms with E-state index in [2.05, 4.69) is 0 Å². The molecule has 0 radical (unpaired) electrons. The fourth-order valence-corrected chi connectivity index (χ4v) is 3.12. The average molecular weight is 377 g/mol. The zero-order valence-electron chi connectivity index (χ0n) is 15.5. The molecule has 1 aliphatic carbocycles. The fraction of sp³-hybridized carbons (Fsp3) is 0.550. The first kappa shape index (κ1) is 20.9. The van der Waals surface area contributed by atoms with Gasteiger partial charge in [0.15, 0.2) is 0 Å². The van der Waals surface area contributed by atoms with Gasteiger partial charge < -0.3 is 14.6 Å². The molecule has 148 valence electrons. The third-order valence-corrected chi connectivity index (χ3v) is 4.51. The summed E-state index contributed by atoms with van der Waals surface area (Å²) in [5.74, 6) is -1.84. The van der Waals surface area contributed by atoms with Gasteiger partial charge in [-0.3, -0.25) is 19.3 Å². The van der Waals surface area contributed by atoms with Crippen LogP contribution in [-0.4, -0.2) is 54.2 Å². The number of aliphatic carboxylic acids is 1. The van der Waals surface area contributed by atoms with Crippen LogP contribution in [0, 0.1) is 5.92 Å². The summed E-state index contributed by atoms with van der Waals surface area (Å²) < 4.78 is 10.4. The minimum Gasteiger partial charge on any atom is -0.480 e. The summed E-state index contributed by atoms with van der Waals surface area (Å²) >= 11 is 0. The second kappa shape index (κ2) is 11.3. The normalized spacial score (nSPS) is 14.7. The van der Waals surface area contributed by atoms with Gasteiger partial charge in [0.25, 0.3) is 0 Å². The Morgan fingerprint density at radius 2 is 1.56 bits per heavy atom. The number of carboxylic acid groups (broad SMARTS) is 1. The Kier molecular flexibility index (Phi) is 8.77. The van der Waals surface area contributed by atoms with Crippen LogP contribution in [0.15, 0.2) is 30.3 Å². The van der Waals surface area contributed by atoms with E-state index in [1.54, 1.807) is 0 Å². The van der Waals surface area contributed by atoms with Crippen LogP contribution in [0.2, 0.25) is 0 Å². The molecule has 0 unspecified atom stereocenters. The molecule has 1 fully saturated rings. The molecule has 0 saturated heterocycles. The second-order valence-corrected chi connectivity index (χ2v) is 6.87. The average Bonchev–Trinajstić information content (AvgIpc) is 2.66. The molecule has 0 spiro atoms. The Hall–Kier alpha value is -2.41. The van der Waals surface area contributed by atoms with Crippen LogP contribution in [0.1, 0.15) is 37.7 Å². The van der Waals surface area contributed by atoms with Crippen molar-refractivity contribution in [1.29, 1.82) is 0 Å². The lowest BCUT2D eigenvalue weighted by Crippen LogP contribution is -2.39. The molecule has 1 aromatic rings. The molecular weight excluding hydrogens is 350 g/mol. The summed E-state index contributed by atoms with van der Waals surface area (Å²) in [6.07, 6.45) is 5.64. The molecule has 27 heavy (non-hydrogen) atoms. The van der Waals surface area contributed by atoms with Crippen molar-refractivity contribution in [3.05, 3.63) is 35.9 Å². The first-order valence-electron chi connectivity index (χ1n) is 9.32. The highest BCUT2D eigenvalue weighted by atomic mass is 16.5. The zero-order valence-corrected chi connectivity index (χ0v) is 15.5. The van der Waals surface area contributed by atoms with E-state index in [-0.39, 0.29) is 19.7 Å². The van der Waals surface area contributed by atoms with E-state index in [4.69, 9.17) is 14.6 Å². The molecular formula is C20H27NO6. The van der Waals surface area contributed by atoms with Crippen LogP contribution in [0.25, 0.3) is 0 Å². The third kappa shape index (κ3) is 8.68. The summed E-state index contributed by atoms with van der Waals surface area (Å²) in [5, 5.41) is 9.01. The fourth-order valence-electron chi connectivity index (χ4n) is 3.12. The number of carbonyl (C=O) groups is 3. The first-order valence-corrected chi connectivity index (χ1v) is 9.32. The van der Waals surface area contributed by atoms with Crippen LogP contribution in [0.4, 0.5) is 0 Å². The number of ether oxygens (including phenoxy) is 2. The van der Waals surface area contributed by atoms with Crippen molar-refractivity contribution in [3.8, 4) is 0 Å². The monoisotopic (exact) mass is 377 g/mol. The van der Waals surface area contributed by atoms with Gasteiger partial charge in [0.1, 0.15) is 6.61 Å². The minimum atomic E-state index is -1.12. The number of carboxylic acids is 1. The lowest BCUT2D eigenvalue weighted by atomic mass is 9.90. The summed E-state index contributed by atoms with van der Waals surface area (Å²) in [6, 6.07) is 9.18. The van der Waals surface area contributed by atoms with E-state index in [0.717, 1.165) is 31.2 Å². The number of carbonyl (C=O) groups excluding carboxylic acids is 2. The molecule has 0 aromatic heterocycles. The molecule has 1 saturated carbocycles. The lowest BCUT2D eigenvalue weighted by Gasteiger charge is -2.22. The molecule has 0 aliphatic heterocycles. The molecule has 7 nitrogen and oxygen atoms in total. The Bertz CT molecular complexity index is 612. The maximum Gasteiger partial charge on any atom is 0.320 e. The maximum atomic E-state index is 12.0. The van der Waals surface area contributed by atoms with E-state index in [1.807, 2.05) is 30.3 Å². The van der Waals surface area contributed by atoms with Crippen LogP contribution < -0.4 is 0 Å². The Labute approximate surface area is 159 Å². The Morgan fingerprint density at radius 1 is 0.926 bits per heavy atom. The van der Waals surface area contributed by atoms with Gasteiger partial charge in [-0.1, -0.05) is 49.6 Å². The van der Waals surface area contributed by atoms with Crippen molar-refractivity contribution in [2.75, 3.05) is 26.2 Å². The second-order valence-electron chi connectivity index (χ2n) is 6.87. The van der Waals surface area contributed by atoms with Crippen molar-refractivity contribution in [1.82, 2.24) is 4.90 Å². The number of esters is 2. The molecule has 2 rings (SSSR count). The van der Waals surface area contributed by atoms with Gasteiger partial charge >= 0.3 is 17.9 Å². The molecule has 1 aromatic carbocycles. The largest absolute Gasteiger partial charge is 0.480 e. The van der Waals surface area contributed by atoms with Gasteiger partial charge in [-0.2, -0.15) is 0 Å². The number of rotatable bonds is 10. The molecule has 0 heterocycles. The number of nitrogens with zero attached hydrogens (tertiary/aromatic N) is 1. The predicted molar refractivity (Wildman–Crippen MR) is 97.8 cm³/mol. The molecule has 7 heteroatoms. The standard InChI is InChI=1S/C20H27NO6/c22-18(23)11-21(12-19(24)26-14-16-7-3-1-4-8-16)13-20(25)27-15-17-9-5-2-6-10-17/h1,3-4,7-8,17H,2,5-6,9-15H2,(H,22,23). The maximum absolute atomic E-state index is 12.0. The van der Waals surface area contributed by atoms with Gasteiger partial charge in [-0.15, -0.1) is 0 Å². The topological polar surface area (TPSA) is 93.1 Å². The van der Waals surface area contributed by atoms with E-state index >= 15 is 0 Å². The highest BCUT2D eigenvalue weighted by molar-refractivity contribution is 5.77. The predicted octanol–water partition coefficient (Wildman–Crippen LogP) is 2.24. The summed E-state index contributed by atoms with van der Waals surface area (Å²) in [5.41, 5.74) is 0.836. The van der Waals surface area contributed by atoms with Crippen LogP contribution in [0.3, 0.4) is 0 Å². The van der Waals surface area contributed by atoms with Gasteiger partial charge in [0, 0.05) is 0 Å². The minimum absolute atomic E-state index is 0.104. The SMILES string of the molecule is O=C(O)CN(CC(=O)OCc1ccccc1)CC(=O)OCC1CCCCC1. The van der Waals surface area contributed by atoms with Crippen molar-refractivity contribution >= 4 is 17.9 Å².